The van der Waals surface area contributed by atoms with Gasteiger partial charge in [0.1, 0.15) is 12.1 Å². The number of aromatic nitrogens is 3. The molecule has 3 aromatic rings. The van der Waals surface area contributed by atoms with Crippen molar-refractivity contribution in [2.24, 2.45) is 7.05 Å². The second kappa shape index (κ2) is 10.0. The fourth-order valence-corrected chi connectivity index (χ4v) is 3.97. The van der Waals surface area contributed by atoms with E-state index >= 15 is 0 Å². The first-order chi connectivity index (χ1) is 16.4. The van der Waals surface area contributed by atoms with Crippen molar-refractivity contribution in [1.29, 1.82) is 0 Å². The van der Waals surface area contributed by atoms with Gasteiger partial charge in [-0.15, -0.1) is 0 Å². The lowest BCUT2D eigenvalue weighted by Crippen LogP contribution is -2.36. The van der Waals surface area contributed by atoms with Crippen molar-refractivity contribution in [3.63, 3.8) is 0 Å². The number of ether oxygens (including phenoxy) is 4. The zero-order valence-corrected chi connectivity index (χ0v) is 19.1. The topological polar surface area (TPSA) is 131 Å². The smallest absolute Gasteiger partial charge is 0.392 e. The minimum absolute atomic E-state index is 0.212. The standard InChI is InChI=1S/C22H25N5O7/c1-4-33-22(28)18-15-11-14(34-21-19(27(29)30)20(31-3)23-13-24-21)5-6-16(15)25(2)17(18)12-26-7-9-32-10-8-26/h5-6,11,13H,4,7-10,12H2,1-3H3. The summed E-state index contributed by atoms with van der Waals surface area (Å²) in [6.07, 6.45) is 1.12. The fraction of sp³-hybridized carbons (Fsp3) is 0.409. The molecular weight excluding hydrogens is 446 g/mol. The zero-order valence-electron chi connectivity index (χ0n) is 19.1. The predicted octanol–water partition coefficient (Wildman–Crippen LogP) is 2.69. The molecule has 0 saturated carbocycles. The summed E-state index contributed by atoms with van der Waals surface area (Å²) in [7, 11) is 3.16. The highest BCUT2D eigenvalue weighted by molar-refractivity contribution is 6.06. The van der Waals surface area contributed by atoms with Gasteiger partial charge in [0.25, 0.3) is 0 Å². The molecule has 1 saturated heterocycles. The Hall–Kier alpha value is -3.77. The van der Waals surface area contributed by atoms with Crippen molar-refractivity contribution in [3.05, 3.63) is 45.9 Å². The Labute approximate surface area is 195 Å². The number of nitrogens with zero attached hydrogens (tertiary/aromatic N) is 5. The summed E-state index contributed by atoms with van der Waals surface area (Å²) in [5.74, 6) is -0.650. The Morgan fingerprint density at radius 3 is 2.65 bits per heavy atom. The van der Waals surface area contributed by atoms with Gasteiger partial charge in [-0.2, -0.15) is 9.97 Å². The van der Waals surface area contributed by atoms with Crippen LogP contribution in [-0.4, -0.2) is 70.3 Å². The minimum atomic E-state index is -0.667. The maximum absolute atomic E-state index is 13.0. The third-order valence-corrected chi connectivity index (χ3v) is 5.59. The summed E-state index contributed by atoms with van der Waals surface area (Å²) in [6.45, 7) is 5.33. The van der Waals surface area contributed by atoms with E-state index in [-0.39, 0.29) is 24.1 Å². The number of nitro groups is 1. The van der Waals surface area contributed by atoms with E-state index in [9.17, 15) is 14.9 Å². The summed E-state index contributed by atoms with van der Waals surface area (Å²) in [5.41, 5.74) is 1.55. The molecule has 1 aliphatic rings. The largest absolute Gasteiger partial charge is 0.476 e. The molecule has 0 amide bonds. The summed E-state index contributed by atoms with van der Waals surface area (Å²) in [6, 6.07) is 5.11. The summed E-state index contributed by atoms with van der Waals surface area (Å²) >= 11 is 0. The van der Waals surface area contributed by atoms with Gasteiger partial charge in [-0.25, -0.2) is 4.79 Å². The highest BCUT2D eigenvalue weighted by Gasteiger charge is 2.28. The van der Waals surface area contributed by atoms with Crippen LogP contribution in [0.5, 0.6) is 17.5 Å². The molecule has 1 aliphatic heterocycles. The number of aryl methyl sites for hydroxylation is 1. The Morgan fingerprint density at radius 2 is 1.97 bits per heavy atom. The first-order valence-corrected chi connectivity index (χ1v) is 10.7. The van der Waals surface area contributed by atoms with Crippen molar-refractivity contribution >= 4 is 22.6 Å². The lowest BCUT2D eigenvalue weighted by atomic mass is 10.1. The highest BCUT2D eigenvalue weighted by Crippen LogP contribution is 2.37. The number of hydrogen-bond donors (Lipinski definition) is 0. The van der Waals surface area contributed by atoms with Crippen LogP contribution in [0, 0.1) is 10.1 Å². The number of carbonyl (C=O) groups excluding carboxylic acids is 1. The first-order valence-electron chi connectivity index (χ1n) is 10.7. The zero-order chi connectivity index (χ0) is 24.2. The molecule has 4 rings (SSSR count). The van der Waals surface area contributed by atoms with Gasteiger partial charge in [-0.3, -0.25) is 15.0 Å². The maximum Gasteiger partial charge on any atom is 0.392 e. The van der Waals surface area contributed by atoms with Crippen molar-refractivity contribution in [2.75, 3.05) is 40.0 Å². The van der Waals surface area contributed by atoms with Gasteiger partial charge in [-0.1, -0.05) is 0 Å². The number of methoxy groups -OCH3 is 1. The average Bonchev–Trinajstić information content (AvgIpc) is 3.10. The van der Waals surface area contributed by atoms with Crippen LogP contribution in [0.3, 0.4) is 0 Å². The van der Waals surface area contributed by atoms with Gasteiger partial charge in [0, 0.05) is 43.3 Å². The second-order valence-electron chi connectivity index (χ2n) is 7.56. The Bertz CT molecular complexity index is 1220. The number of carbonyl (C=O) groups is 1. The lowest BCUT2D eigenvalue weighted by molar-refractivity contribution is -0.387. The molecule has 1 aromatic carbocycles. The molecule has 3 heterocycles. The van der Waals surface area contributed by atoms with Gasteiger partial charge in [0.15, 0.2) is 0 Å². The average molecular weight is 471 g/mol. The summed E-state index contributed by atoms with van der Waals surface area (Å²) < 4.78 is 23.5. The molecule has 0 unspecified atom stereocenters. The van der Waals surface area contributed by atoms with Crippen molar-refractivity contribution in [1.82, 2.24) is 19.4 Å². The van der Waals surface area contributed by atoms with Crippen LogP contribution in [0.1, 0.15) is 23.0 Å². The molecule has 180 valence electrons. The number of fused-ring (bicyclic) bond motifs is 1. The van der Waals surface area contributed by atoms with Gasteiger partial charge in [0.2, 0.25) is 0 Å². The number of esters is 1. The van der Waals surface area contributed by atoms with Crippen LogP contribution in [0.4, 0.5) is 5.69 Å². The monoisotopic (exact) mass is 471 g/mol. The van der Waals surface area contributed by atoms with Crippen LogP contribution < -0.4 is 9.47 Å². The van der Waals surface area contributed by atoms with Crippen molar-refractivity contribution in [2.45, 2.75) is 13.5 Å². The van der Waals surface area contributed by atoms with E-state index < -0.39 is 16.6 Å². The van der Waals surface area contributed by atoms with Crippen molar-refractivity contribution < 1.29 is 28.7 Å². The van der Waals surface area contributed by atoms with Crippen LogP contribution in [-0.2, 0) is 23.1 Å². The Morgan fingerprint density at radius 1 is 1.24 bits per heavy atom. The van der Waals surface area contributed by atoms with Crippen LogP contribution in [0.25, 0.3) is 10.9 Å². The van der Waals surface area contributed by atoms with Crippen LogP contribution in [0.15, 0.2) is 24.5 Å². The summed E-state index contributed by atoms with van der Waals surface area (Å²) in [4.78, 5) is 33.7. The molecule has 1 fully saturated rings. The van der Waals surface area contributed by atoms with Gasteiger partial charge in [-0.05, 0) is 25.1 Å². The first kappa shape index (κ1) is 23.4. The van der Waals surface area contributed by atoms with E-state index in [2.05, 4.69) is 14.9 Å². The Balaban J connectivity index is 1.78. The third kappa shape index (κ3) is 4.50. The second-order valence-corrected chi connectivity index (χ2v) is 7.56. The number of rotatable bonds is 8. The normalized spacial score (nSPS) is 14.2. The molecule has 0 aliphatic carbocycles. The van der Waals surface area contributed by atoms with Crippen LogP contribution >= 0.6 is 0 Å². The van der Waals surface area contributed by atoms with Gasteiger partial charge < -0.3 is 23.5 Å². The van der Waals surface area contributed by atoms with E-state index in [4.69, 9.17) is 18.9 Å². The Kier molecular flexibility index (Phi) is 6.89. The van der Waals surface area contributed by atoms with Crippen molar-refractivity contribution in [3.8, 4) is 17.5 Å². The van der Waals surface area contributed by atoms with E-state index in [0.29, 0.717) is 30.7 Å². The van der Waals surface area contributed by atoms with E-state index in [1.807, 2.05) is 11.6 Å². The summed E-state index contributed by atoms with van der Waals surface area (Å²) in [5, 5.41) is 12.2. The SMILES string of the molecule is CCOC(=O)c1c(CN2CCOCC2)n(C)c2ccc(Oc3ncnc(OC)c3[N+](=O)[O-])cc12. The van der Waals surface area contributed by atoms with E-state index in [0.717, 1.165) is 30.6 Å². The molecule has 34 heavy (non-hydrogen) atoms. The molecule has 0 N–H and O–H groups in total. The van der Waals surface area contributed by atoms with Crippen LogP contribution in [0.2, 0.25) is 0 Å². The molecule has 0 bridgehead atoms. The number of hydrogen-bond acceptors (Lipinski definition) is 10. The van der Waals surface area contributed by atoms with E-state index in [1.54, 1.807) is 25.1 Å². The minimum Gasteiger partial charge on any atom is -0.476 e. The molecule has 12 heteroatoms. The van der Waals surface area contributed by atoms with E-state index in [1.165, 1.54) is 7.11 Å². The quantitative estimate of drug-likeness (QED) is 0.274. The van der Waals surface area contributed by atoms with Gasteiger partial charge in [0.05, 0.1) is 37.4 Å². The highest BCUT2D eigenvalue weighted by atomic mass is 16.6. The maximum atomic E-state index is 13.0. The predicted molar refractivity (Wildman–Crippen MR) is 120 cm³/mol. The lowest BCUT2D eigenvalue weighted by Gasteiger charge is -2.27. The fourth-order valence-electron chi connectivity index (χ4n) is 3.97. The molecular formula is C22H25N5O7. The molecule has 2 aromatic heterocycles. The number of morpholine rings is 1. The molecule has 0 radical (unpaired) electrons. The molecule has 0 atom stereocenters. The number of benzene rings is 1. The molecule has 12 nitrogen and oxygen atoms in total. The van der Waals surface area contributed by atoms with Gasteiger partial charge >= 0.3 is 23.4 Å². The third-order valence-electron chi connectivity index (χ3n) is 5.59. The molecule has 0 spiro atoms.